The normalized spacial score (nSPS) is 19.8. The monoisotopic (exact) mass is 307 g/mol. The fourth-order valence-electron chi connectivity index (χ4n) is 3.36. The van der Waals surface area contributed by atoms with E-state index in [1.54, 1.807) is 0 Å². The summed E-state index contributed by atoms with van der Waals surface area (Å²) in [4.78, 5) is 0. The number of aryl methyl sites for hydroxylation is 1. The highest BCUT2D eigenvalue weighted by molar-refractivity contribution is 6.65. The Morgan fingerprint density at radius 2 is 1.52 bits per heavy atom. The molecule has 0 saturated carbocycles. The molecule has 4 rings (SSSR count). The zero-order valence-corrected chi connectivity index (χ0v) is 14.4. The summed E-state index contributed by atoms with van der Waals surface area (Å²) in [5.41, 5.74) is 1.70. The molecule has 1 fully saturated rings. The van der Waals surface area contributed by atoms with Crippen LogP contribution in [0.2, 0.25) is 0 Å². The molecule has 0 radical (unpaired) electrons. The maximum atomic E-state index is 6.28. The van der Waals surface area contributed by atoms with E-state index in [4.69, 9.17) is 9.31 Å². The number of rotatable bonds is 1. The van der Waals surface area contributed by atoms with Crippen molar-refractivity contribution in [1.82, 2.24) is 4.57 Å². The lowest BCUT2D eigenvalue weighted by molar-refractivity contribution is 0.00578. The first-order valence-electron chi connectivity index (χ1n) is 8.12. The number of fused-ring (bicyclic) bond motifs is 3. The Kier molecular flexibility index (Phi) is 2.97. The molecule has 0 aliphatic carbocycles. The zero-order valence-electron chi connectivity index (χ0n) is 14.4. The van der Waals surface area contributed by atoms with E-state index in [0.29, 0.717) is 0 Å². The van der Waals surface area contributed by atoms with Crippen LogP contribution in [0.5, 0.6) is 0 Å². The fourth-order valence-corrected chi connectivity index (χ4v) is 3.36. The van der Waals surface area contributed by atoms with Crippen LogP contribution in [0.4, 0.5) is 0 Å². The van der Waals surface area contributed by atoms with E-state index < -0.39 is 0 Å². The topological polar surface area (TPSA) is 23.4 Å². The van der Waals surface area contributed by atoms with Crippen LogP contribution in [0.25, 0.3) is 21.7 Å². The van der Waals surface area contributed by atoms with Crippen LogP contribution >= 0.6 is 0 Å². The zero-order chi connectivity index (χ0) is 16.4. The summed E-state index contributed by atoms with van der Waals surface area (Å²) in [5.74, 6) is 0. The number of hydrogen-bond donors (Lipinski definition) is 0. The summed E-state index contributed by atoms with van der Waals surface area (Å²) >= 11 is 0. The van der Waals surface area contributed by atoms with Crippen LogP contribution in [0, 0.1) is 0 Å². The molecule has 1 aliphatic rings. The van der Waals surface area contributed by atoms with Crippen LogP contribution in [0.15, 0.2) is 42.6 Å². The van der Waals surface area contributed by atoms with E-state index in [1.165, 1.54) is 21.7 Å². The minimum Gasteiger partial charge on any atom is -0.399 e. The molecule has 118 valence electrons. The smallest absolute Gasteiger partial charge is 0.399 e. The van der Waals surface area contributed by atoms with Gasteiger partial charge in [-0.2, -0.15) is 0 Å². The van der Waals surface area contributed by atoms with E-state index in [-0.39, 0.29) is 18.3 Å². The standard InChI is InChI=1S/C19H22BNO2/c1-18(2)19(3,4)23-20(22-18)16-12-13-10-11-21(5)17(13)15-9-7-6-8-14(15)16/h6-12H,1-5H3. The third-order valence-corrected chi connectivity index (χ3v) is 5.42. The highest BCUT2D eigenvalue weighted by Gasteiger charge is 2.52. The molecule has 0 amide bonds. The second-order valence-electron chi connectivity index (χ2n) is 7.46. The van der Waals surface area contributed by atoms with Gasteiger partial charge in [0.2, 0.25) is 0 Å². The van der Waals surface area contributed by atoms with Crippen LogP contribution in [-0.4, -0.2) is 22.9 Å². The Labute approximate surface area is 137 Å². The molecule has 3 aromatic rings. The van der Waals surface area contributed by atoms with E-state index in [1.807, 2.05) is 0 Å². The van der Waals surface area contributed by atoms with E-state index in [9.17, 15) is 0 Å². The van der Waals surface area contributed by atoms with Gasteiger partial charge in [-0.15, -0.1) is 0 Å². The Morgan fingerprint density at radius 1 is 0.913 bits per heavy atom. The average molecular weight is 307 g/mol. The molecule has 0 N–H and O–H groups in total. The number of benzene rings is 2. The maximum Gasteiger partial charge on any atom is 0.495 e. The molecule has 0 bridgehead atoms. The van der Waals surface area contributed by atoms with Gasteiger partial charge in [-0.1, -0.05) is 30.3 Å². The molecule has 2 heterocycles. The van der Waals surface area contributed by atoms with E-state index in [0.717, 1.165) is 5.46 Å². The maximum absolute atomic E-state index is 6.28. The first-order chi connectivity index (χ1) is 10.8. The lowest BCUT2D eigenvalue weighted by Gasteiger charge is -2.32. The van der Waals surface area contributed by atoms with Gasteiger partial charge in [0, 0.05) is 18.6 Å². The number of aromatic nitrogens is 1. The van der Waals surface area contributed by atoms with Crippen molar-refractivity contribution in [2.45, 2.75) is 38.9 Å². The number of nitrogens with zero attached hydrogens (tertiary/aromatic N) is 1. The van der Waals surface area contributed by atoms with Gasteiger partial charge >= 0.3 is 7.12 Å². The first-order valence-corrected chi connectivity index (χ1v) is 8.12. The third kappa shape index (κ3) is 2.05. The molecule has 1 aliphatic heterocycles. The summed E-state index contributed by atoms with van der Waals surface area (Å²) in [7, 11) is 1.75. The van der Waals surface area contributed by atoms with Crippen molar-refractivity contribution in [3.05, 3.63) is 42.6 Å². The fraction of sp³-hybridized carbons (Fsp3) is 0.368. The molecular formula is C19H22BNO2. The molecule has 23 heavy (non-hydrogen) atoms. The van der Waals surface area contributed by atoms with Gasteiger partial charge in [-0.3, -0.25) is 0 Å². The van der Waals surface area contributed by atoms with Crippen molar-refractivity contribution in [1.29, 1.82) is 0 Å². The Bertz CT molecular complexity index is 894. The van der Waals surface area contributed by atoms with Crippen molar-refractivity contribution in [2.24, 2.45) is 7.05 Å². The van der Waals surface area contributed by atoms with Gasteiger partial charge in [0.15, 0.2) is 0 Å². The minimum absolute atomic E-state index is 0.329. The summed E-state index contributed by atoms with van der Waals surface area (Å²) in [6.45, 7) is 8.37. The summed E-state index contributed by atoms with van der Waals surface area (Å²) in [5, 5.41) is 3.65. The molecule has 3 nitrogen and oxygen atoms in total. The highest BCUT2D eigenvalue weighted by Crippen LogP contribution is 2.37. The lowest BCUT2D eigenvalue weighted by atomic mass is 9.75. The van der Waals surface area contributed by atoms with Crippen molar-refractivity contribution >= 4 is 34.3 Å². The lowest BCUT2D eigenvalue weighted by Crippen LogP contribution is -2.41. The van der Waals surface area contributed by atoms with Gasteiger partial charge in [0.1, 0.15) is 0 Å². The van der Waals surface area contributed by atoms with Crippen molar-refractivity contribution in [2.75, 3.05) is 0 Å². The highest BCUT2D eigenvalue weighted by atomic mass is 16.7. The SMILES string of the molecule is Cn1ccc2cc(B3OC(C)(C)C(C)(C)O3)c3ccccc3c21. The largest absolute Gasteiger partial charge is 0.495 e. The quantitative estimate of drug-likeness (QED) is 0.641. The molecular weight excluding hydrogens is 285 g/mol. The van der Waals surface area contributed by atoms with Crippen molar-refractivity contribution in [3.8, 4) is 0 Å². The Balaban J connectivity index is 1.97. The van der Waals surface area contributed by atoms with Crippen LogP contribution in [-0.2, 0) is 16.4 Å². The van der Waals surface area contributed by atoms with E-state index >= 15 is 0 Å². The van der Waals surface area contributed by atoms with Crippen LogP contribution in [0.3, 0.4) is 0 Å². The molecule has 0 spiro atoms. The summed E-state index contributed by atoms with van der Waals surface area (Å²) < 4.78 is 14.7. The van der Waals surface area contributed by atoms with Gasteiger partial charge in [0.05, 0.1) is 16.7 Å². The predicted molar refractivity (Wildman–Crippen MR) is 96.1 cm³/mol. The third-order valence-electron chi connectivity index (χ3n) is 5.42. The van der Waals surface area contributed by atoms with Gasteiger partial charge < -0.3 is 13.9 Å². The van der Waals surface area contributed by atoms with Crippen LogP contribution in [0.1, 0.15) is 27.7 Å². The second-order valence-corrected chi connectivity index (χ2v) is 7.46. The summed E-state index contributed by atoms with van der Waals surface area (Å²) in [6.07, 6.45) is 2.10. The average Bonchev–Trinajstić information content (AvgIpc) is 2.96. The Morgan fingerprint density at radius 3 is 2.17 bits per heavy atom. The van der Waals surface area contributed by atoms with Crippen molar-refractivity contribution < 1.29 is 9.31 Å². The molecule has 2 aromatic carbocycles. The van der Waals surface area contributed by atoms with Gasteiger partial charge in [0.25, 0.3) is 0 Å². The second kappa shape index (κ2) is 4.62. The Hall–Kier alpha value is -1.78. The van der Waals surface area contributed by atoms with Crippen LogP contribution < -0.4 is 5.46 Å². The molecule has 1 aromatic heterocycles. The first kappa shape index (κ1) is 14.8. The molecule has 0 unspecified atom stereocenters. The van der Waals surface area contributed by atoms with E-state index in [2.05, 4.69) is 81.9 Å². The summed E-state index contributed by atoms with van der Waals surface area (Å²) in [6, 6.07) is 12.8. The molecule has 0 atom stereocenters. The number of hydrogen-bond acceptors (Lipinski definition) is 2. The minimum atomic E-state index is -0.338. The molecule has 1 saturated heterocycles. The van der Waals surface area contributed by atoms with Crippen molar-refractivity contribution in [3.63, 3.8) is 0 Å². The molecule has 4 heteroatoms. The van der Waals surface area contributed by atoms with Gasteiger partial charge in [-0.05, 0) is 50.0 Å². The predicted octanol–water partition coefficient (Wildman–Crippen LogP) is 3.63. The van der Waals surface area contributed by atoms with Gasteiger partial charge in [-0.25, -0.2) is 0 Å².